The Kier molecular flexibility index (Phi) is 8.98. The molecular formula is C28H35F3N2O5S. The molecule has 3 rings (SSSR count). The van der Waals surface area contributed by atoms with Gasteiger partial charge >= 0.3 is 6.18 Å². The molecule has 0 radical (unpaired) electrons. The second-order valence-corrected chi connectivity index (χ2v) is 13.2. The fraction of sp³-hybridized carbons (Fsp3) is 0.500. The van der Waals surface area contributed by atoms with E-state index in [1.54, 1.807) is 39.8 Å². The highest BCUT2D eigenvalue weighted by molar-refractivity contribution is 7.90. The molecule has 214 valence electrons. The highest BCUT2D eigenvalue weighted by Crippen LogP contribution is 2.45. The first-order chi connectivity index (χ1) is 17.9. The number of Topliss-reactive ketones (excluding diaryl/α,β-unsaturated/α-hetero) is 1. The van der Waals surface area contributed by atoms with Crippen molar-refractivity contribution in [3.05, 3.63) is 54.1 Å². The van der Waals surface area contributed by atoms with Crippen molar-refractivity contribution >= 4 is 21.5 Å². The fourth-order valence-electron chi connectivity index (χ4n) is 5.20. The summed E-state index contributed by atoms with van der Waals surface area (Å²) in [6.45, 7) is 6.53. The number of benzene rings is 2. The van der Waals surface area contributed by atoms with Gasteiger partial charge in [0.2, 0.25) is 5.91 Å². The van der Waals surface area contributed by atoms with Gasteiger partial charge in [0.1, 0.15) is 12.6 Å². The summed E-state index contributed by atoms with van der Waals surface area (Å²) in [6.07, 6.45) is -3.73. The summed E-state index contributed by atoms with van der Waals surface area (Å²) in [5, 5.41) is 0. The average Bonchev–Trinajstić information content (AvgIpc) is 2.80. The van der Waals surface area contributed by atoms with Crippen molar-refractivity contribution in [2.75, 3.05) is 19.5 Å². The number of nitrogens with two attached hydrogens (primary N) is 1. The monoisotopic (exact) mass is 568 g/mol. The molecule has 3 atom stereocenters. The summed E-state index contributed by atoms with van der Waals surface area (Å²) in [5.41, 5.74) is 5.71. The van der Waals surface area contributed by atoms with E-state index in [0.717, 1.165) is 11.2 Å². The first kappa shape index (κ1) is 30.8. The molecule has 2 N–H and O–H groups in total. The van der Waals surface area contributed by atoms with Gasteiger partial charge in [-0.1, -0.05) is 64.1 Å². The second kappa shape index (κ2) is 11.4. The number of hydrogen-bond acceptors (Lipinski definition) is 6. The molecule has 1 unspecified atom stereocenters. The molecule has 2 aromatic rings. The van der Waals surface area contributed by atoms with Crippen LogP contribution in [0.15, 0.2) is 53.4 Å². The zero-order chi connectivity index (χ0) is 29.3. The zero-order valence-electron chi connectivity index (χ0n) is 22.7. The Morgan fingerprint density at radius 3 is 2.00 bits per heavy atom. The topological polar surface area (TPSA) is 107 Å². The number of ketones is 1. The van der Waals surface area contributed by atoms with Crippen LogP contribution in [-0.2, 0) is 24.2 Å². The number of carbonyl (C=O) groups excluding carboxylic acids is 2. The number of rotatable bonds is 9. The number of amides is 1. The molecule has 0 aliphatic carbocycles. The van der Waals surface area contributed by atoms with E-state index in [2.05, 4.69) is 0 Å². The molecule has 1 aliphatic rings. The minimum Gasteiger partial charge on any atom is -0.373 e. The van der Waals surface area contributed by atoms with E-state index in [4.69, 9.17) is 10.5 Å². The third-order valence-corrected chi connectivity index (χ3v) is 8.02. The standard InChI is InChI=1S/C28H35F3N2O5S/c1-17(2)14-22(26(32)35)33(25-23(34)15-38-16-27(25,3)4)24(28(29,30)31)20-8-6-18(7-9-20)19-10-12-21(13-11-19)39(5,36)37/h6-13,17,22,24-25H,14-16H2,1-5H3,(H2,32,35)/t22-,24-,25?/m0/s1. The van der Waals surface area contributed by atoms with Gasteiger partial charge in [0.15, 0.2) is 15.6 Å². The summed E-state index contributed by atoms with van der Waals surface area (Å²) < 4.78 is 73.7. The van der Waals surface area contributed by atoms with E-state index in [0.29, 0.717) is 11.1 Å². The highest BCUT2D eigenvalue weighted by atomic mass is 32.2. The average molecular weight is 569 g/mol. The van der Waals surface area contributed by atoms with Crippen LogP contribution < -0.4 is 5.73 Å². The molecule has 1 amide bonds. The third-order valence-electron chi connectivity index (χ3n) is 6.90. The predicted molar refractivity (Wildman–Crippen MR) is 141 cm³/mol. The number of alkyl halides is 3. The van der Waals surface area contributed by atoms with E-state index in [-0.39, 0.29) is 36.0 Å². The Morgan fingerprint density at radius 1 is 1.08 bits per heavy atom. The molecule has 0 spiro atoms. The van der Waals surface area contributed by atoms with Crippen LogP contribution in [0.4, 0.5) is 13.2 Å². The van der Waals surface area contributed by atoms with Crippen LogP contribution in [0, 0.1) is 11.3 Å². The van der Waals surface area contributed by atoms with Crippen LogP contribution in [0.25, 0.3) is 11.1 Å². The Bertz CT molecular complexity index is 1290. The van der Waals surface area contributed by atoms with E-state index < -0.39 is 51.2 Å². The van der Waals surface area contributed by atoms with Crippen molar-refractivity contribution in [2.24, 2.45) is 17.1 Å². The van der Waals surface area contributed by atoms with Crippen molar-refractivity contribution in [2.45, 2.75) is 63.3 Å². The summed E-state index contributed by atoms with van der Waals surface area (Å²) in [5.74, 6) is -1.65. The van der Waals surface area contributed by atoms with Crippen molar-refractivity contribution < 1.29 is 35.9 Å². The lowest BCUT2D eigenvalue weighted by Crippen LogP contribution is -2.64. The molecular weight excluding hydrogens is 533 g/mol. The molecule has 0 aromatic heterocycles. The largest absolute Gasteiger partial charge is 0.408 e. The number of carbonyl (C=O) groups is 2. The van der Waals surface area contributed by atoms with E-state index in [9.17, 15) is 31.2 Å². The second-order valence-electron chi connectivity index (χ2n) is 11.2. The summed E-state index contributed by atoms with van der Waals surface area (Å²) in [6, 6.07) is 6.74. The molecule has 0 bridgehead atoms. The first-order valence-corrected chi connectivity index (χ1v) is 14.5. The maximum absolute atomic E-state index is 14.9. The van der Waals surface area contributed by atoms with Crippen LogP contribution in [-0.4, -0.2) is 62.7 Å². The van der Waals surface area contributed by atoms with Gasteiger partial charge < -0.3 is 10.5 Å². The smallest absolute Gasteiger partial charge is 0.373 e. The number of halogens is 3. The molecule has 11 heteroatoms. The van der Waals surface area contributed by atoms with Crippen LogP contribution in [0.3, 0.4) is 0 Å². The Balaban J connectivity index is 2.14. The number of nitrogens with zero attached hydrogens (tertiary/aromatic N) is 1. The Labute approximate surface area is 227 Å². The maximum Gasteiger partial charge on any atom is 0.408 e. The summed E-state index contributed by atoms with van der Waals surface area (Å²) in [7, 11) is -3.40. The number of hydrogen-bond donors (Lipinski definition) is 1. The van der Waals surface area contributed by atoms with Gasteiger partial charge in [-0.05, 0) is 41.2 Å². The maximum atomic E-state index is 14.9. The predicted octanol–water partition coefficient (Wildman–Crippen LogP) is 4.56. The third kappa shape index (κ3) is 7.06. The molecule has 1 heterocycles. The molecule has 0 saturated carbocycles. The Hall–Kier alpha value is -2.76. The molecule has 2 aromatic carbocycles. The van der Waals surface area contributed by atoms with Crippen molar-refractivity contribution in [1.29, 1.82) is 0 Å². The van der Waals surface area contributed by atoms with Gasteiger partial charge in [0, 0.05) is 11.7 Å². The van der Waals surface area contributed by atoms with Crippen LogP contribution in [0.1, 0.15) is 45.7 Å². The summed E-state index contributed by atoms with van der Waals surface area (Å²) >= 11 is 0. The van der Waals surface area contributed by atoms with Crippen molar-refractivity contribution in [3.8, 4) is 11.1 Å². The zero-order valence-corrected chi connectivity index (χ0v) is 23.5. The quantitative estimate of drug-likeness (QED) is 0.476. The van der Waals surface area contributed by atoms with E-state index in [1.807, 2.05) is 0 Å². The minimum absolute atomic E-state index is 0.0351. The number of primary amides is 1. The normalized spacial score (nSPS) is 19.7. The summed E-state index contributed by atoms with van der Waals surface area (Å²) in [4.78, 5) is 26.9. The lowest BCUT2D eigenvalue weighted by Gasteiger charge is -2.49. The fourth-order valence-corrected chi connectivity index (χ4v) is 5.83. The highest BCUT2D eigenvalue weighted by Gasteiger charge is 2.55. The number of ether oxygens (including phenoxy) is 1. The SMILES string of the molecule is CC(C)C[C@@H](C(N)=O)N(C1C(=O)COCC1(C)C)[C@@H](c1ccc(-c2ccc(S(C)(=O)=O)cc2)cc1)C(F)(F)F. The lowest BCUT2D eigenvalue weighted by atomic mass is 9.77. The Morgan fingerprint density at radius 2 is 1.59 bits per heavy atom. The molecule has 39 heavy (non-hydrogen) atoms. The van der Waals surface area contributed by atoms with Gasteiger partial charge in [-0.15, -0.1) is 0 Å². The van der Waals surface area contributed by atoms with Gasteiger partial charge in [0.05, 0.1) is 23.6 Å². The van der Waals surface area contributed by atoms with Gasteiger partial charge in [0.25, 0.3) is 0 Å². The van der Waals surface area contributed by atoms with Gasteiger partial charge in [-0.3, -0.25) is 14.5 Å². The minimum atomic E-state index is -4.85. The van der Waals surface area contributed by atoms with E-state index >= 15 is 0 Å². The first-order valence-electron chi connectivity index (χ1n) is 12.6. The number of sulfone groups is 1. The van der Waals surface area contributed by atoms with Crippen molar-refractivity contribution in [1.82, 2.24) is 4.90 Å². The van der Waals surface area contributed by atoms with Crippen molar-refractivity contribution in [3.63, 3.8) is 0 Å². The lowest BCUT2D eigenvalue weighted by molar-refractivity contribution is -0.212. The van der Waals surface area contributed by atoms with Gasteiger partial charge in [-0.25, -0.2) is 8.42 Å². The van der Waals surface area contributed by atoms with E-state index in [1.165, 1.54) is 36.4 Å². The molecule has 1 fully saturated rings. The van der Waals surface area contributed by atoms with Crippen LogP contribution in [0.2, 0.25) is 0 Å². The molecule has 1 saturated heterocycles. The molecule has 7 nitrogen and oxygen atoms in total. The van der Waals surface area contributed by atoms with Crippen LogP contribution >= 0.6 is 0 Å². The van der Waals surface area contributed by atoms with Crippen LogP contribution in [0.5, 0.6) is 0 Å². The molecule has 1 aliphatic heterocycles. The van der Waals surface area contributed by atoms with Gasteiger partial charge in [-0.2, -0.15) is 13.2 Å².